The maximum absolute atomic E-state index is 5.50. The van der Waals surface area contributed by atoms with Crippen molar-refractivity contribution in [3.05, 3.63) is 23.7 Å². The van der Waals surface area contributed by atoms with E-state index >= 15 is 0 Å². The van der Waals surface area contributed by atoms with Gasteiger partial charge in [-0.05, 0) is 37.3 Å². The van der Waals surface area contributed by atoms with E-state index in [0.717, 1.165) is 17.9 Å². The zero-order valence-electron chi connectivity index (χ0n) is 7.18. The summed E-state index contributed by atoms with van der Waals surface area (Å²) in [5, 5.41) is 0. The first-order chi connectivity index (χ1) is 5.18. The Morgan fingerprint density at radius 2 is 2.18 bits per heavy atom. The summed E-state index contributed by atoms with van der Waals surface area (Å²) >= 11 is 0. The van der Waals surface area contributed by atoms with Crippen LogP contribution >= 0.6 is 0 Å². The topological polar surface area (TPSA) is 13.1 Å². The van der Waals surface area contributed by atoms with E-state index in [2.05, 4.69) is 13.0 Å². The summed E-state index contributed by atoms with van der Waals surface area (Å²) in [5.74, 6) is 2.19. The molecule has 1 aliphatic rings. The molecule has 0 aliphatic heterocycles. The van der Waals surface area contributed by atoms with Crippen LogP contribution in [-0.2, 0) is 6.42 Å². The molecule has 1 aromatic heterocycles. The van der Waals surface area contributed by atoms with Crippen LogP contribution in [-0.4, -0.2) is 0 Å². The average molecular weight is 150 g/mol. The Morgan fingerprint density at radius 3 is 2.64 bits per heavy atom. The van der Waals surface area contributed by atoms with E-state index in [4.69, 9.17) is 4.42 Å². The highest BCUT2D eigenvalue weighted by atomic mass is 16.3. The third-order valence-corrected chi connectivity index (χ3v) is 2.50. The van der Waals surface area contributed by atoms with Gasteiger partial charge in [0.2, 0.25) is 0 Å². The molecule has 1 nitrogen and oxygen atoms in total. The van der Waals surface area contributed by atoms with Gasteiger partial charge in [0.05, 0.1) is 0 Å². The minimum absolute atomic E-state index is 0.574. The molecule has 1 aromatic rings. The van der Waals surface area contributed by atoms with Gasteiger partial charge >= 0.3 is 0 Å². The van der Waals surface area contributed by atoms with E-state index < -0.39 is 0 Å². The van der Waals surface area contributed by atoms with E-state index in [0.29, 0.717) is 5.41 Å². The lowest BCUT2D eigenvalue weighted by atomic mass is 10.0. The van der Waals surface area contributed by atoms with Crippen molar-refractivity contribution in [2.45, 2.75) is 33.1 Å². The highest BCUT2D eigenvalue weighted by Crippen LogP contribution is 2.47. The Kier molecular flexibility index (Phi) is 1.35. The highest BCUT2D eigenvalue weighted by molar-refractivity contribution is 5.09. The van der Waals surface area contributed by atoms with Crippen molar-refractivity contribution >= 4 is 0 Å². The van der Waals surface area contributed by atoms with Crippen LogP contribution in [0.5, 0.6) is 0 Å². The van der Waals surface area contributed by atoms with Crippen LogP contribution in [0.15, 0.2) is 16.5 Å². The molecule has 0 aromatic carbocycles. The van der Waals surface area contributed by atoms with Crippen LogP contribution in [0, 0.1) is 12.3 Å². The molecule has 1 saturated carbocycles. The van der Waals surface area contributed by atoms with Gasteiger partial charge in [-0.2, -0.15) is 0 Å². The Morgan fingerprint density at radius 1 is 1.45 bits per heavy atom. The molecule has 0 atom stereocenters. The lowest BCUT2D eigenvalue weighted by molar-refractivity contribution is 0.432. The predicted molar refractivity (Wildman–Crippen MR) is 44.5 cm³/mol. The second kappa shape index (κ2) is 2.13. The molecular formula is C10H14O. The van der Waals surface area contributed by atoms with Gasteiger partial charge in [-0.15, -0.1) is 0 Å². The van der Waals surface area contributed by atoms with Gasteiger partial charge in [0, 0.05) is 6.42 Å². The van der Waals surface area contributed by atoms with E-state index in [-0.39, 0.29) is 0 Å². The van der Waals surface area contributed by atoms with Crippen molar-refractivity contribution in [2.75, 3.05) is 0 Å². The molecule has 0 N–H and O–H groups in total. The molecule has 0 bridgehead atoms. The highest BCUT2D eigenvalue weighted by Gasteiger charge is 2.37. The summed E-state index contributed by atoms with van der Waals surface area (Å²) in [6, 6.07) is 4.14. The van der Waals surface area contributed by atoms with Crippen LogP contribution in [0.3, 0.4) is 0 Å². The monoisotopic (exact) mass is 150 g/mol. The minimum atomic E-state index is 0.574. The fraction of sp³-hybridized carbons (Fsp3) is 0.600. The first kappa shape index (κ1) is 6.96. The van der Waals surface area contributed by atoms with Crippen LogP contribution < -0.4 is 0 Å². The van der Waals surface area contributed by atoms with Crippen LogP contribution in [0.25, 0.3) is 0 Å². The average Bonchev–Trinajstić information content (AvgIpc) is 2.49. The van der Waals surface area contributed by atoms with Gasteiger partial charge in [0.25, 0.3) is 0 Å². The fourth-order valence-electron chi connectivity index (χ4n) is 1.39. The van der Waals surface area contributed by atoms with Crippen molar-refractivity contribution < 1.29 is 4.42 Å². The number of furan rings is 1. The quantitative estimate of drug-likeness (QED) is 0.631. The Bertz CT molecular complexity index is 256. The van der Waals surface area contributed by atoms with Crippen molar-refractivity contribution in [3.63, 3.8) is 0 Å². The minimum Gasteiger partial charge on any atom is -0.466 e. The summed E-state index contributed by atoms with van der Waals surface area (Å²) in [5.41, 5.74) is 0.574. The van der Waals surface area contributed by atoms with Gasteiger partial charge in [0.15, 0.2) is 0 Å². The van der Waals surface area contributed by atoms with Crippen LogP contribution in [0.1, 0.15) is 31.3 Å². The van der Waals surface area contributed by atoms with E-state index in [1.54, 1.807) is 0 Å². The number of aryl methyl sites for hydroxylation is 1. The van der Waals surface area contributed by atoms with E-state index in [1.807, 2.05) is 13.0 Å². The summed E-state index contributed by atoms with van der Waals surface area (Å²) in [6.07, 6.45) is 3.86. The molecule has 0 unspecified atom stereocenters. The van der Waals surface area contributed by atoms with Gasteiger partial charge in [-0.1, -0.05) is 6.92 Å². The molecule has 0 spiro atoms. The van der Waals surface area contributed by atoms with Crippen molar-refractivity contribution in [1.82, 2.24) is 0 Å². The van der Waals surface area contributed by atoms with E-state index in [1.165, 1.54) is 12.8 Å². The van der Waals surface area contributed by atoms with Crippen molar-refractivity contribution in [1.29, 1.82) is 0 Å². The summed E-state index contributed by atoms with van der Waals surface area (Å²) in [7, 11) is 0. The maximum atomic E-state index is 5.50. The third kappa shape index (κ3) is 1.47. The number of hydrogen-bond donors (Lipinski definition) is 0. The largest absolute Gasteiger partial charge is 0.466 e. The summed E-state index contributed by atoms with van der Waals surface area (Å²) < 4.78 is 5.50. The first-order valence-electron chi connectivity index (χ1n) is 4.23. The third-order valence-electron chi connectivity index (χ3n) is 2.50. The molecule has 1 heterocycles. The number of hydrogen-bond acceptors (Lipinski definition) is 1. The zero-order chi connectivity index (χ0) is 7.90. The molecule has 11 heavy (non-hydrogen) atoms. The maximum Gasteiger partial charge on any atom is 0.104 e. The van der Waals surface area contributed by atoms with Gasteiger partial charge in [0.1, 0.15) is 11.5 Å². The SMILES string of the molecule is Cc1ccc(CC2(C)CC2)o1. The van der Waals surface area contributed by atoms with Crippen molar-refractivity contribution in [3.8, 4) is 0 Å². The fourth-order valence-corrected chi connectivity index (χ4v) is 1.39. The molecule has 0 radical (unpaired) electrons. The molecule has 2 rings (SSSR count). The van der Waals surface area contributed by atoms with Gasteiger partial charge < -0.3 is 4.42 Å². The summed E-state index contributed by atoms with van der Waals surface area (Å²) in [4.78, 5) is 0. The summed E-state index contributed by atoms with van der Waals surface area (Å²) in [6.45, 7) is 4.32. The lowest BCUT2D eigenvalue weighted by Gasteiger charge is -2.03. The lowest BCUT2D eigenvalue weighted by Crippen LogP contribution is -1.96. The molecule has 0 saturated heterocycles. The van der Waals surface area contributed by atoms with Gasteiger partial charge in [-0.3, -0.25) is 0 Å². The standard InChI is InChI=1S/C10H14O/c1-8-3-4-9(11-8)7-10(2)5-6-10/h3-4H,5-7H2,1-2H3. The normalized spacial score (nSPS) is 20.2. The van der Waals surface area contributed by atoms with E-state index in [9.17, 15) is 0 Å². The first-order valence-corrected chi connectivity index (χ1v) is 4.23. The van der Waals surface area contributed by atoms with Crippen LogP contribution in [0.2, 0.25) is 0 Å². The predicted octanol–water partition coefficient (Wildman–Crippen LogP) is 2.93. The second-order valence-electron chi connectivity index (χ2n) is 4.00. The second-order valence-corrected chi connectivity index (χ2v) is 4.00. The Hall–Kier alpha value is -0.720. The molecular weight excluding hydrogens is 136 g/mol. The number of rotatable bonds is 2. The molecule has 1 heteroatoms. The van der Waals surface area contributed by atoms with Crippen molar-refractivity contribution in [2.24, 2.45) is 5.41 Å². The zero-order valence-corrected chi connectivity index (χ0v) is 7.18. The van der Waals surface area contributed by atoms with Gasteiger partial charge in [-0.25, -0.2) is 0 Å². The smallest absolute Gasteiger partial charge is 0.104 e. The molecule has 0 amide bonds. The Balaban J connectivity index is 2.06. The Labute approximate surface area is 67.4 Å². The molecule has 60 valence electrons. The van der Waals surface area contributed by atoms with Crippen LogP contribution in [0.4, 0.5) is 0 Å². The molecule has 1 fully saturated rings. The molecule has 1 aliphatic carbocycles.